The monoisotopic (exact) mass is 251 g/mol. The van der Waals surface area contributed by atoms with Gasteiger partial charge in [0.05, 0.1) is 0 Å². The first-order chi connectivity index (χ1) is 8.58. The van der Waals surface area contributed by atoms with Gasteiger partial charge in [0.2, 0.25) is 0 Å². The molecule has 1 rings (SSSR count). The van der Waals surface area contributed by atoms with E-state index in [1.165, 1.54) is 0 Å². The molecule has 1 atom stereocenters. The zero-order valence-electron chi connectivity index (χ0n) is 11.1. The van der Waals surface area contributed by atoms with Crippen molar-refractivity contribution in [3.05, 3.63) is 18.3 Å². The molecule has 0 radical (unpaired) electrons. The largest absolute Gasteiger partial charge is 0.477 e. The molecule has 1 aromatic rings. The van der Waals surface area contributed by atoms with Gasteiger partial charge < -0.3 is 15.8 Å². The lowest BCUT2D eigenvalue weighted by molar-refractivity contribution is -0.128. The quantitative estimate of drug-likeness (QED) is 0.807. The number of nitrogens with one attached hydrogen (secondary N) is 1. The van der Waals surface area contributed by atoms with Crippen LogP contribution in [0.4, 0.5) is 5.82 Å². The highest BCUT2D eigenvalue weighted by atomic mass is 16.5. The number of aromatic nitrogens is 1. The molecule has 0 aliphatic carbocycles. The Kier molecular flexibility index (Phi) is 5.42. The first-order valence-electron chi connectivity index (χ1n) is 6.26. The van der Waals surface area contributed by atoms with E-state index >= 15 is 0 Å². The van der Waals surface area contributed by atoms with Gasteiger partial charge in [-0.3, -0.25) is 4.79 Å². The Hall–Kier alpha value is -1.78. The normalized spacial score (nSPS) is 12.2. The minimum atomic E-state index is -0.586. The summed E-state index contributed by atoms with van der Waals surface area (Å²) in [5.41, 5.74) is 5.65. The van der Waals surface area contributed by atoms with E-state index < -0.39 is 6.10 Å². The Labute approximate surface area is 108 Å². The van der Waals surface area contributed by atoms with Crippen LogP contribution < -0.4 is 15.8 Å². The summed E-state index contributed by atoms with van der Waals surface area (Å²) in [5.74, 6) is 0.594. The highest BCUT2D eigenvalue weighted by Crippen LogP contribution is 2.18. The summed E-state index contributed by atoms with van der Waals surface area (Å²) in [6, 6.07) is 3.61. The second kappa shape index (κ2) is 6.83. The SMILES string of the molecule is CCC(CC)NC(=O)C(C)Oc1cccnc1N. The summed E-state index contributed by atoms with van der Waals surface area (Å²) < 4.78 is 5.50. The number of hydrogen-bond donors (Lipinski definition) is 2. The minimum Gasteiger partial charge on any atom is -0.477 e. The van der Waals surface area contributed by atoms with Crippen LogP contribution in [0.15, 0.2) is 18.3 Å². The standard InChI is InChI=1S/C13H21N3O2/c1-4-10(5-2)16-13(17)9(3)18-11-7-6-8-15-12(11)14/h6-10H,4-5H2,1-3H3,(H2,14,15)(H,16,17). The third kappa shape index (κ3) is 3.91. The summed E-state index contributed by atoms with van der Waals surface area (Å²) in [6.07, 6.45) is 2.81. The number of ether oxygens (including phenoxy) is 1. The molecule has 0 aliphatic rings. The molecule has 0 bridgehead atoms. The van der Waals surface area contributed by atoms with Crippen LogP contribution in [0, 0.1) is 0 Å². The molecule has 5 heteroatoms. The fourth-order valence-electron chi connectivity index (χ4n) is 1.56. The molecule has 100 valence electrons. The third-order valence-corrected chi connectivity index (χ3v) is 2.80. The molecule has 0 aliphatic heterocycles. The van der Waals surface area contributed by atoms with Crippen LogP contribution in [-0.2, 0) is 4.79 Å². The van der Waals surface area contributed by atoms with Gasteiger partial charge in [-0.1, -0.05) is 13.8 Å². The molecule has 1 unspecified atom stereocenters. The van der Waals surface area contributed by atoms with Gasteiger partial charge in [-0.25, -0.2) is 4.98 Å². The average molecular weight is 251 g/mol. The molecule has 0 fully saturated rings. The topological polar surface area (TPSA) is 77.2 Å². The number of pyridine rings is 1. The van der Waals surface area contributed by atoms with Gasteiger partial charge in [0.1, 0.15) is 0 Å². The van der Waals surface area contributed by atoms with Crippen molar-refractivity contribution in [2.45, 2.75) is 45.8 Å². The van der Waals surface area contributed by atoms with Crippen molar-refractivity contribution in [3.63, 3.8) is 0 Å². The zero-order chi connectivity index (χ0) is 13.5. The summed E-state index contributed by atoms with van der Waals surface area (Å²) in [6.45, 7) is 5.78. The van der Waals surface area contributed by atoms with Gasteiger partial charge in [-0.15, -0.1) is 0 Å². The van der Waals surface area contributed by atoms with Gasteiger partial charge in [-0.2, -0.15) is 0 Å². The summed E-state index contributed by atoms with van der Waals surface area (Å²) >= 11 is 0. The van der Waals surface area contributed by atoms with Crippen molar-refractivity contribution < 1.29 is 9.53 Å². The van der Waals surface area contributed by atoms with Crippen molar-refractivity contribution in [2.24, 2.45) is 0 Å². The minimum absolute atomic E-state index is 0.132. The maximum atomic E-state index is 11.9. The second-order valence-electron chi connectivity index (χ2n) is 4.17. The van der Waals surface area contributed by atoms with Crippen molar-refractivity contribution >= 4 is 11.7 Å². The number of amides is 1. The highest BCUT2D eigenvalue weighted by molar-refractivity contribution is 5.81. The molecule has 0 saturated carbocycles. The zero-order valence-corrected chi connectivity index (χ0v) is 11.1. The summed E-state index contributed by atoms with van der Waals surface area (Å²) in [5, 5.41) is 2.93. The molecule has 18 heavy (non-hydrogen) atoms. The van der Waals surface area contributed by atoms with E-state index in [0.717, 1.165) is 12.8 Å². The Bertz CT molecular complexity index is 392. The number of nitrogens with zero attached hydrogens (tertiary/aromatic N) is 1. The van der Waals surface area contributed by atoms with Gasteiger partial charge >= 0.3 is 0 Å². The van der Waals surface area contributed by atoms with Crippen LogP contribution in [0.2, 0.25) is 0 Å². The van der Waals surface area contributed by atoms with Crippen molar-refractivity contribution in [1.29, 1.82) is 0 Å². The number of carbonyl (C=O) groups is 1. The lowest BCUT2D eigenvalue weighted by atomic mass is 10.1. The number of rotatable bonds is 6. The van der Waals surface area contributed by atoms with E-state index in [0.29, 0.717) is 11.6 Å². The molecule has 3 N–H and O–H groups in total. The molecular formula is C13H21N3O2. The van der Waals surface area contributed by atoms with E-state index in [2.05, 4.69) is 10.3 Å². The number of carbonyl (C=O) groups excluding carboxylic acids is 1. The third-order valence-electron chi connectivity index (χ3n) is 2.80. The van der Waals surface area contributed by atoms with Crippen LogP contribution in [0.1, 0.15) is 33.6 Å². The molecule has 1 amide bonds. The highest BCUT2D eigenvalue weighted by Gasteiger charge is 2.18. The summed E-state index contributed by atoms with van der Waals surface area (Å²) in [4.78, 5) is 15.8. The van der Waals surface area contributed by atoms with Crippen molar-refractivity contribution in [1.82, 2.24) is 10.3 Å². The van der Waals surface area contributed by atoms with E-state index in [9.17, 15) is 4.79 Å². The van der Waals surface area contributed by atoms with Gasteiger partial charge in [0.15, 0.2) is 17.7 Å². The first-order valence-corrected chi connectivity index (χ1v) is 6.26. The Morgan fingerprint density at radius 1 is 1.50 bits per heavy atom. The first kappa shape index (κ1) is 14.3. The lowest BCUT2D eigenvalue weighted by Crippen LogP contribution is -2.42. The van der Waals surface area contributed by atoms with Crippen LogP contribution in [0.3, 0.4) is 0 Å². The van der Waals surface area contributed by atoms with Gasteiger partial charge in [-0.05, 0) is 31.9 Å². The maximum absolute atomic E-state index is 11.9. The average Bonchev–Trinajstić information content (AvgIpc) is 2.38. The predicted molar refractivity (Wildman–Crippen MR) is 71.3 cm³/mol. The molecular weight excluding hydrogens is 230 g/mol. The number of nitrogen functional groups attached to an aromatic ring is 1. The van der Waals surface area contributed by atoms with Crippen molar-refractivity contribution in [3.8, 4) is 5.75 Å². The molecule has 0 saturated heterocycles. The fourth-order valence-corrected chi connectivity index (χ4v) is 1.56. The molecule has 0 aromatic carbocycles. The number of nitrogens with two attached hydrogens (primary N) is 1. The van der Waals surface area contributed by atoms with Gasteiger partial charge in [0.25, 0.3) is 5.91 Å². The van der Waals surface area contributed by atoms with E-state index in [4.69, 9.17) is 10.5 Å². The van der Waals surface area contributed by atoms with E-state index in [1.54, 1.807) is 25.3 Å². The fraction of sp³-hybridized carbons (Fsp3) is 0.538. The van der Waals surface area contributed by atoms with Crippen LogP contribution in [0.5, 0.6) is 5.75 Å². The second-order valence-corrected chi connectivity index (χ2v) is 4.17. The van der Waals surface area contributed by atoms with Gasteiger partial charge in [0, 0.05) is 12.2 Å². The predicted octanol–water partition coefficient (Wildman–Crippen LogP) is 1.74. The molecule has 5 nitrogen and oxygen atoms in total. The summed E-state index contributed by atoms with van der Waals surface area (Å²) in [7, 11) is 0. The Balaban J connectivity index is 2.57. The van der Waals surface area contributed by atoms with E-state index in [-0.39, 0.29) is 11.9 Å². The maximum Gasteiger partial charge on any atom is 0.260 e. The molecule has 1 heterocycles. The van der Waals surface area contributed by atoms with Crippen LogP contribution >= 0.6 is 0 Å². The van der Waals surface area contributed by atoms with E-state index in [1.807, 2.05) is 13.8 Å². The number of anilines is 1. The Morgan fingerprint density at radius 2 is 2.17 bits per heavy atom. The lowest BCUT2D eigenvalue weighted by Gasteiger charge is -2.19. The smallest absolute Gasteiger partial charge is 0.260 e. The molecule has 1 aromatic heterocycles. The van der Waals surface area contributed by atoms with Crippen LogP contribution in [0.25, 0.3) is 0 Å². The van der Waals surface area contributed by atoms with Crippen molar-refractivity contribution in [2.75, 3.05) is 5.73 Å². The Morgan fingerprint density at radius 3 is 2.72 bits per heavy atom. The molecule has 0 spiro atoms. The number of hydrogen-bond acceptors (Lipinski definition) is 4. The van der Waals surface area contributed by atoms with Crippen LogP contribution in [-0.4, -0.2) is 23.0 Å².